The normalized spacial score (nSPS) is 15.5. The molecule has 2 amide bonds. The van der Waals surface area contributed by atoms with E-state index in [1.54, 1.807) is 13.8 Å². The highest BCUT2D eigenvalue weighted by Crippen LogP contribution is 2.33. The van der Waals surface area contributed by atoms with E-state index >= 15 is 0 Å². The molecule has 2 N–H and O–H groups in total. The number of nitrogens with zero attached hydrogens (tertiary/aromatic N) is 2. The Bertz CT molecular complexity index is 1930. The summed E-state index contributed by atoms with van der Waals surface area (Å²) in [5, 5.41) is 0. The average Bonchev–Trinajstić information content (AvgIpc) is 3.88. The van der Waals surface area contributed by atoms with Crippen LogP contribution < -0.4 is 11.0 Å². The number of carbonyl (C=O) groups excluding carboxylic acids is 4. The third-order valence-corrected chi connectivity index (χ3v) is 12.0. The van der Waals surface area contributed by atoms with E-state index in [1.165, 1.54) is 77.7 Å². The zero-order valence-corrected chi connectivity index (χ0v) is 36.9. The van der Waals surface area contributed by atoms with Crippen LogP contribution in [0, 0.1) is 25.7 Å². The van der Waals surface area contributed by atoms with Crippen LogP contribution in [0.5, 0.6) is 0 Å². The van der Waals surface area contributed by atoms with E-state index in [4.69, 9.17) is 23.2 Å². The van der Waals surface area contributed by atoms with E-state index in [-0.39, 0.29) is 42.2 Å². The van der Waals surface area contributed by atoms with Crippen molar-refractivity contribution in [3.8, 4) is 0 Å². The lowest BCUT2D eigenvalue weighted by Crippen LogP contribution is -2.25. The molecule has 62 heavy (non-hydrogen) atoms. The van der Waals surface area contributed by atoms with E-state index in [0.29, 0.717) is 48.5 Å². The summed E-state index contributed by atoms with van der Waals surface area (Å²) in [6, 6.07) is 19.3. The van der Waals surface area contributed by atoms with Crippen LogP contribution >= 0.6 is 0 Å². The van der Waals surface area contributed by atoms with E-state index in [9.17, 15) is 19.2 Å². The van der Waals surface area contributed by atoms with Crippen LogP contribution in [0.4, 0.5) is 0 Å². The van der Waals surface area contributed by atoms with Crippen molar-refractivity contribution in [2.24, 2.45) is 11.8 Å². The molecular weight excluding hydrogens is 789 g/mol. The Kier molecular flexibility index (Phi) is 20.4. The van der Waals surface area contributed by atoms with Gasteiger partial charge in [0.2, 0.25) is 11.8 Å². The number of ether oxygens (including phenoxy) is 1. The lowest BCUT2D eigenvalue weighted by Gasteiger charge is -2.22. The largest absolute Gasteiger partial charge is 0.464 e. The molecule has 2 fully saturated rings. The fourth-order valence-electron chi connectivity index (χ4n) is 8.55. The SMILES string of the molecule is COC(=O)c1nc([C@H](CCCC2CCCCC2)CC(=O)NOCc2ccccc2)oc1C.Cc1oc([C@H](CCCC2CCCCC2)CC(=O)NOCc2ccccc2)nc1C=O. The van der Waals surface area contributed by atoms with E-state index < -0.39 is 5.97 Å². The summed E-state index contributed by atoms with van der Waals surface area (Å²) >= 11 is 0. The van der Waals surface area contributed by atoms with Gasteiger partial charge < -0.3 is 13.6 Å². The van der Waals surface area contributed by atoms with Crippen LogP contribution in [-0.4, -0.2) is 41.1 Å². The molecule has 0 spiro atoms. The minimum absolute atomic E-state index is 0.165. The molecule has 2 aromatic carbocycles. The van der Waals surface area contributed by atoms with Crippen LogP contribution in [0.3, 0.4) is 0 Å². The third-order valence-electron chi connectivity index (χ3n) is 12.0. The second-order valence-electron chi connectivity index (χ2n) is 16.8. The summed E-state index contributed by atoms with van der Waals surface area (Å²) in [5.41, 5.74) is 7.49. The standard InChI is InChI=1S/C25H34N2O5.C24H32N2O4/c1-18-23(25(29)30-2)26-24(32-18)21(15-9-14-19-10-5-3-6-11-19)16-22(28)27-31-17-20-12-7-4-8-13-20;1-18-22(16-27)25-24(30-18)21(14-8-13-19-9-4-2-5-10-19)15-23(28)26-29-17-20-11-6-3-7-12-20/h4,7-8,12-13,19,21H,3,5-6,9-11,14-17H2,1-2H3,(H,27,28);3,6-7,11-12,16,19,21H,2,4-5,8-10,13-15,17H2,1H3,(H,26,28)/t2*21-/m11/s1. The summed E-state index contributed by atoms with van der Waals surface area (Å²) in [7, 11) is 1.31. The van der Waals surface area contributed by atoms with Crippen LogP contribution in [-0.2, 0) is 37.2 Å². The Morgan fingerprint density at radius 3 is 1.56 bits per heavy atom. The number of aromatic nitrogens is 2. The van der Waals surface area contributed by atoms with Gasteiger partial charge in [0, 0.05) is 24.7 Å². The molecule has 0 unspecified atom stereocenters. The first-order valence-electron chi connectivity index (χ1n) is 22.6. The quantitative estimate of drug-likeness (QED) is 0.0438. The van der Waals surface area contributed by atoms with Crippen LogP contribution in [0.1, 0.15) is 183 Å². The summed E-state index contributed by atoms with van der Waals surface area (Å²) in [5.74, 6) is 1.97. The number of hydrogen-bond donors (Lipinski definition) is 2. The van der Waals surface area contributed by atoms with Gasteiger partial charge in [-0.3, -0.25) is 24.1 Å². The molecule has 2 saturated carbocycles. The number of hydroxylamine groups is 2. The minimum Gasteiger partial charge on any atom is -0.464 e. The van der Waals surface area contributed by atoms with Crippen molar-refractivity contribution in [1.82, 2.24) is 20.9 Å². The van der Waals surface area contributed by atoms with Gasteiger partial charge in [-0.05, 0) is 49.7 Å². The molecule has 0 bridgehead atoms. The zero-order valence-electron chi connectivity index (χ0n) is 36.9. The van der Waals surface area contributed by atoms with Gasteiger partial charge in [-0.2, -0.15) is 0 Å². The number of benzene rings is 2. The predicted molar refractivity (Wildman–Crippen MR) is 234 cm³/mol. The maximum atomic E-state index is 12.6. The highest BCUT2D eigenvalue weighted by Gasteiger charge is 2.27. The second kappa shape index (κ2) is 26.4. The van der Waals surface area contributed by atoms with E-state index in [2.05, 4.69) is 20.9 Å². The van der Waals surface area contributed by atoms with Gasteiger partial charge in [0.25, 0.3) is 0 Å². The number of esters is 1. The number of amides is 2. The first-order chi connectivity index (χ1) is 30.2. The van der Waals surface area contributed by atoms with Gasteiger partial charge >= 0.3 is 5.97 Å². The van der Waals surface area contributed by atoms with Gasteiger partial charge in [0.05, 0.1) is 20.3 Å². The molecule has 0 radical (unpaired) electrons. The third kappa shape index (κ3) is 16.3. The van der Waals surface area contributed by atoms with Crippen LogP contribution in [0.15, 0.2) is 69.5 Å². The number of rotatable bonds is 22. The first kappa shape index (κ1) is 47.9. The zero-order chi connectivity index (χ0) is 43.9. The number of methoxy groups -OCH3 is 1. The van der Waals surface area contributed by atoms with Crippen molar-refractivity contribution >= 4 is 24.1 Å². The maximum absolute atomic E-state index is 12.6. The van der Waals surface area contributed by atoms with E-state index in [1.807, 2.05) is 60.7 Å². The van der Waals surface area contributed by atoms with Crippen LogP contribution in [0.2, 0.25) is 0 Å². The Hall–Kier alpha value is -5.14. The van der Waals surface area contributed by atoms with Crippen molar-refractivity contribution in [3.05, 3.63) is 106 Å². The van der Waals surface area contributed by atoms with Gasteiger partial charge in [-0.1, -0.05) is 151 Å². The number of hydrogen-bond acceptors (Lipinski definition) is 11. The number of carbonyl (C=O) groups is 4. The monoisotopic (exact) mass is 854 g/mol. The van der Waals surface area contributed by atoms with Gasteiger partial charge in [-0.25, -0.2) is 25.7 Å². The first-order valence-corrected chi connectivity index (χ1v) is 22.6. The molecule has 2 heterocycles. The molecule has 4 aromatic rings. The van der Waals surface area contributed by atoms with Crippen molar-refractivity contribution in [2.75, 3.05) is 7.11 Å². The molecule has 13 heteroatoms. The summed E-state index contributed by atoms with van der Waals surface area (Å²) in [6.45, 7) is 4.02. The van der Waals surface area contributed by atoms with E-state index in [0.717, 1.165) is 55.1 Å². The van der Waals surface area contributed by atoms with Crippen molar-refractivity contribution < 1.29 is 42.4 Å². The van der Waals surface area contributed by atoms with Crippen molar-refractivity contribution in [2.45, 2.75) is 154 Å². The second-order valence-corrected chi connectivity index (χ2v) is 16.8. The summed E-state index contributed by atoms with van der Waals surface area (Å²) in [6.07, 6.45) is 20.2. The smallest absolute Gasteiger partial charge is 0.360 e. The summed E-state index contributed by atoms with van der Waals surface area (Å²) < 4.78 is 16.3. The number of aryl methyl sites for hydroxylation is 2. The Balaban J connectivity index is 0.000000235. The molecule has 2 aromatic heterocycles. The molecule has 6 rings (SSSR count). The summed E-state index contributed by atoms with van der Waals surface area (Å²) in [4.78, 5) is 67.6. The molecule has 2 aliphatic rings. The average molecular weight is 855 g/mol. The molecule has 2 aliphatic carbocycles. The fraction of sp³-hybridized carbons (Fsp3) is 0.551. The topological polar surface area (TPSA) is 172 Å². The molecule has 2 atom stereocenters. The van der Waals surface area contributed by atoms with Crippen molar-refractivity contribution in [3.63, 3.8) is 0 Å². The van der Waals surface area contributed by atoms with Gasteiger partial charge in [0.15, 0.2) is 23.8 Å². The predicted octanol–water partition coefficient (Wildman–Crippen LogP) is 10.5. The molecular formula is C49H66N4O9. The Morgan fingerprint density at radius 2 is 1.13 bits per heavy atom. The van der Waals surface area contributed by atoms with Gasteiger partial charge in [0.1, 0.15) is 17.2 Å². The van der Waals surface area contributed by atoms with Crippen molar-refractivity contribution in [1.29, 1.82) is 0 Å². The fourth-order valence-corrected chi connectivity index (χ4v) is 8.55. The lowest BCUT2D eigenvalue weighted by molar-refractivity contribution is -0.135. The van der Waals surface area contributed by atoms with Gasteiger partial charge in [-0.15, -0.1) is 0 Å². The Morgan fingerprint density at radius 1 is 0.677 bits per heavy atom. The molecule has 336 valence electrons. The molecule has 0 saturated heterocycles. The molecule has 0 aliphatic heterocycles. The Labute approximate surface area is 366 Å². The number of oxazole rings is 2. The van der Waals surface area contributed by atoms with Crippen LogP contribution in [0.25, 0.3) is 0 Å². The highest BCUT2D eigenvalue weighted by molar-refractivity contribution is 5.88. The minimum atomic E-state index is -0.533. The lowest BCUT2D eigenvalue weighted by atomic mass is 9.84. The molecule has 13 nitrogen and oxygen atoms in total. The number of aldehydes is 1. The number of nitrogens with one attached hydrogen (secondary N) is 2. The maximum Gasteiger partial charge on any atom is 0.360 e. The highest BCUT2D eigenvalue weighted by atomic mass is 16.7.